The summed E-state index contributed by atoms with van der Waals surface area (Å²) >= 11 is 0. The van der Waals surface area contributed by atoms with Gasteiger partial charge in [-0.05, 0) is 6.07 Å². The maximum absolute atomic E-state index is 13.8. The van der Waals surface area contributed by atoms with Crippen LogP contribution in [0.4, 0.5) is 14.5 Å². The largest absolute Gasteiger partial charge is 0.316 e. The first kappa shape index (κ1) is 12.7. The predicted octanol–water partition coefficient (Wildman–Crippen LogP) is 0.640. The molecule has 2 heterocycles. The van der Waals surface area contributed by atoms with Gasteiger partial charge in [-0.15, -0.1) is 5.10 Å². The average molecular weight is 279 g/mol. The number of nitrogens with zero attached hydrogens (tertiary/aromatic N) is 4. The first-order chi connectivity index (χ1) is 9.49. The van der Waals surface area contributed by atoms with E-state index in [0.717, 1.165) is 12.1 Å². The smallest absolute Gasteiger partial charge is 0.249 e. The quantitative estimate of drug-likeness (QED) is 0.875. The summed E-state index contributed by atoms with van der Waals surface area (Å²) in [6.45, 7) is 0.103. The number of fused-ring (bicyclic) bond motifs is 1. The van der Waals surface area contributed by atoms with Gasteiger partial charge in [0.2, 0.25) is 5.91 Å². The van der Waals surface area contributed by atoms with Crippen LogP contribution in [0.1, 0.15) is 17.3 Å². The molecule has 1 unspecified atom stereocenters. The third kappa shape index (κ3) is 1.76. The minimum atomic E-state index is -1.12. The summed E-state index contributed by atoms with van der Waals surface area (Å²) in [6, 6.07) is 0.709. The van der Waals surface area contributed by atoms with E-state index in [-0.39, 0.29) is 17.8 Å². The molecule has 0 radical (unpaired) electrons. The minimum Gasteiger partial charge on any atom is -0.316 e. The van der Waals surface area contributed by atoms with Crippen LogP contribution >= 0.6 is 0 Å². The number of anilines is 1. The van der Waals surface area contributed by atoms with Crippen LogP contribution in [0.2, 0.25) is 0 Å². The number of carbonyl (C=O) groups is 1. The summed E-state index contributed by atoms with van der Waals surface area (Å²) in [6.07, 6.45) is 1.48. The SMILES string of the molecule is Cn1nncc1CN1C(=O)C(N)c2c(F)cc(F)cc21. The average Bonchev–Trinajstić information content (AvgIpc) is 2.87. The number of nitrogens with two attached hydrogens (primary N) is 1. The van der Waals surface area contributed by atoms with E-state index in [9.17, 15) is 13.6 Å². The van der Waals surface area contributed by atoms with Crippen molar-refractivity contribution in [2.75, 3.05) is 4.90 Å². The molecule has 2 aromatic rings. The second kappa shape index (κ2) is 4.34. The van der Waals surface area contributed by atoms with Crippen LogP contribution in [0.5, 0.6) is 0 Å². The van der Waals surface area contributed by atoms with Crippen LogP contribution in [0, 0.1) is 11.6 Å². The van der Waals surface area contributed by atoms with E-state index in [4.69, 9.17) is 5.73 Å². The molecule has 0 bridgehead atoms. The molecule has 3 rings (SSSR count). The number of carbonyl (C=O) groups excluding carboxylic acids is 1. The van der Waals surface area contributed by atoms with Gasteiger partial charge in [-0.3, -0.25) is 9.48 Å². The van der Waals surface area contributed by atoms with Crippen LogP contribution < -0.4 is 10.6 Å². The molecule has 0 saturated carbocycles. The molecule has 6 nitrogen and oxygen atoms in total. The summed E-state index contributed by atoms with van der Waals surface area (Å²) in [7, 11) is 1.66. The molecule has 20 heavy (non-hydrogen) atoms. The zero-order chi connectivity index (χ0) is 14.4. The van der Waals surface area contributed by atoms with Gasteiger partial charge in [0, 0.05) is 18.7 Å². The van der Waals surface area contributed by atoms with Crippen molar-refractivity contribution < 1.29 is 13.6 Å². The lowest BCUT2D eigenvalue weighted by atomic mass is 10.1. The summed E-state index contributed by atoms with van der Waals surface area (Å²) in [5.41, 5.74) is 6.51. The lowest BCUT2D eigenvalue weighted by Gasteiger charge is -2.17. The van der Waals surface area contributed by atoms with Crippen molar-refractivity contribution in [3.8, 4) is 0 Å². The van der Waals surface area contributed by atoms with Gasteiger partial charge in [-0.25, -0.2) is 8.78 Å². The highest BCUT2D eigenvalue weighted by atomic mass is 19.1. The standard InChI is InChI=1S/C12H11F2N5O/c1-18-7(4-16-17-18)5-19-9-3-6(13)2-8(14)10(9)11(15)12(19)20/h2-4,11H,5,15H2,1H3. The number of aromatic nitrogens is 3. The Labute approximate surface area is 112 Å². The van der Waals surface area contributed by atoms with Crippen molar-refractivity contribution in [3.05, 3.63) is 41.2 Å². The molecule has 0 aliphatic carbocycles. The van der Waals surface area contributed by atoms with Gasteiger partial charge in [0.25, 0.3) is 0 Å². The van der Waals surface area contributed by atoms with Crippen molar-refractivity contribution in [1.29, 1.82) is 0 Å². The summed E-state index contributed by atoms with van der Waals surface area (Å²) in [5.74, 6) is -2.05. The van der Waals surface area contributed by atoms with Crippen LogP contribution in [-0.2, 0) is 18.4 Å². The van der Waals surface area contributed by atoms with Gasteiger partial charge in [0.05, 0.1) is 24.1 Å². The number of rotatable bonds is 2. The number of halogens is 2. The van der Waals surface area contributed by atoms with Crippen molar-refractivity contribution in [1.82, 2.24) is 15.0 Å². The zero-order valence-electron chi connectivity index (χ0n) is 10.5. The number of aryl methyl sites for hydroxylation is 1. The Morgan fingerprint density at radius 3 is 2.80 bits per heavy atom. The normalized spacial score (nSPS) is 17.7. The highest BCUT2D eigenvalue weighted by Crippen LogP contribution is 2.37. The third-order valence-electron chi connectivity index (χ3n) is 3.33. The minimum absolute atomic E-state index is 0.0199. The molecule has 1 aliphatic rings. The van der Waals surface area contributed by atoms with Gasteiger partial charge in [0.15, 0.2) is 0 Å². The summed E-state index contributed by atoms with van der Waals surface area (Å²) in [4.78, 5) is 13.4. The first-order valence-electron chi connectivity index (χ1n) is 5.88. The number of benzene rings is 1. The van der Waals surface area contributed by atoms with E-state index in [1.807, 2.05) is 0 Å². The highest BCUT2D eigenvalue weighted by molar-refractivity contribution is 6.04. The molecule has 1 amide bonds. The molecular weight excluding hydrogens is 268 g/mol. The molecule has 8 heteroatoms. The lowest BCUT2D eigenvalue weighted by molar-refractivity contribution is -0.119. The molecule has 1 aromatic carbocycles. The number of amides is 1. The number of hydrogen-bond donors (Lipinski definition) is 1. The Kier molecular flexibility index (Phi) is 2.75. The molecule has 2 N–H and O–H groups in total. The topological polar surface area (TPSA) is 77.0 Å². The Hall–Kier alpha value is -2.35. The highest BCUT2D eigenvalue weighted by Gasteiger charge is 2.38. The molecule has 0 fully saturated rings. The summed E-state index contributed by atoms with van der Waals surface area (Å²) < 4.78 is 28.6. The fraction of sp³-hybridized carbons (Fsp3) is 0.250. The van der Waals surface area contributed by atoms with Crippen LogP contribution in [0.25, 0.3) is 0 Å². The van der Waals surface area contributed by atoms with E-state index in [1.165, 1.54) is 15.8 Å². The number of hydrogen-bond acceptors (Lipinski definition) is 4. The fourth-order valence-corrected chi connectivity index (χ4v) is 2.29. The van der Waals surface area contributed by atoms with E-state index >= 15 is 0 Å². The van der Waals surface area contributed by atoms with Gasteiger partial charge in [-0.2, -0.15) is 0 Å². The maximum Gasteiger partial charge on any atom is 0.249 e. The van der Waals surface area contributed by atoms with Gasteiger partial charge in [-0.1, -0.05) is 5.21 Å². The fourth-order valence-electron chi connectivity index (χ4n) is 2.29. The van der Waals surface area contributed by atoms with E-state index in [1.54, 1.807) is 7.05 Å². The molecular formula is C12H11F2N5O. The molecule has 1 aliphatic heterocycles. The predicted molar refractivity (Wildman–Crippen MR) is 65.5 cm³/mol. The first-order valence-corrected chi connectivity index (χ1v) is 5.88. The summed E-state index contributed by atoms with van der Waals surface area (Å²) in [5, 5.41) is 7.44. The van der Waals surface area contributed by atoms with Crippen LogP contribution in [0.15, 0.2) is 18.3 Å². The Balaban J connectivity index is 2.06. The molecule has 0 saturated heterocycles. The molecule has 0 spiro atoms. The Morgan fingerprint density at radius 1 is 1.40 bits per heavy atom. The van der Waals surface area contributed by atoms with E-state index < -0.39 is 23.6 Å². The third-order valence-corrected chi connectivity index (χ3v) is 3.33. The molecule has 104 valence electrons. The Bertz CT molecular complexity index is 699. The van der Waals surface area contributed by atoms with E-state index in [2.05, 4.69) is 10.3 Å². The van der Waals surface area contributed by atoms with E-state index in [0.29, 0.717) is 5.69 Å². The second-order valence-corrected chi connectivity index (χ2v) is 4.57. The Morgan fingerprint density at radius 2 is 2.15 bits per heavy atom. The van der Waals surface area contributed by atoms with Gasteiger partial charge >= 0.3 is 0 Å². The zero-order valence-corrected chi connectivity index (χ0v) is 10.5. The second-order valence-electron chi connectivity index (χ2n) is 4.57. The monoisotopic (exact) mass is 279 g/mol. The maximum atomic E-state index is 13.8. The van der Waals surface area contributed by atoms with Crippen molar-refractivity contribution >= 4 is 11.6 Å². The van der Waals surface area contributed by atoms with Crippen molar-refractivity contribution in [2.24, 2.45) is 12.8 Å². The van der Waals surface area contributed by atoms with Gasteiger partial charge in [0.1, 0.15) is 17.7 Å². The van der Waals surface area contributed by atoms with Gasteiger partial charge < -0.3 is 10.6 Å². The molecule has 1 aromatic heterocycles. The lowest BCUT2D eigenvalue weighted by Crippen LogP contribution is -2.32. The van der Waals surface area contributed by atoms with Crippen molar-refractivity contribution in [3.63, 3.8) is 0 Å². The van der Waals surface area contributed by atoms with Crippen LogP contribution in [-0.4, -0.2) is 20.9 Å². The van der Waals surface area contributed by atoms with Crippen LogP contribution in [0.3, 0.4) is 0 Å². The van der Waals surface area contributed by atoms with Crippen molar-refractivity contribution in [2.45, 2.75) is 12.6 Å². The molecule has 1 atom stereocenters.